The molecule has 0 aliphatic rings. The largest absolute Gasteiger partial charge is 0.468 e. The molecule has 1 aromatic heterocycles. The van der Waals surface area contributed by atoms with Crippen molar-refractivity contribution in [3.05, 3.63) is 60.2 Å². The SMILES string of the molecule is COC(=O)C(NCc1cncnc1)c1ccccc1. The van der Waals surface area contributed by atoms with Crippen molar-refractivity contribution in [2.45, 2.75) is 12.6 Å². The fourth-order valence-corrected chi connectivity index (χ4v) is 1.74. The van der Waals surface area contributed by atoms with Crippen molar-refractivity contribution in [3.8, 4) is 0 Å². The Labute approximate surface area is 111 Å². The molecular weight excluding hydrogens is 242 g/mol. The topological polar surface area (TPSA) is 64.1 Å². The molecule has 0 saturated carbocycles. The smallest absolute Gasteiger partial charge is 0.327 e. The van der Waals surface area contributed by atoms with Gasteiger partial charge in [0.2, 0.25) is 0 Å². The maximum Gasteiger partial charge on any atom is 0.327 e. The quantitative estimate of drug-likeness (QED) is 0.822. The van der Waals surface area contributed by atoms with Gasteiger partial charge in [0.1, 0.15) is 12.4 Å². The molecule has 98 valence electrons. The summed E-state index contributed by atoms with van der Waals surface area (Å²) < 4.78 is 4.82. The highest BCUT2D eigenvalue weighted by Gasteiger charge is 2.20. The highest BCUT2D eigenvalue weighted by molar-refractivity contribution is 5.77. The van der Waals surface area contributed by atoms with Crippen molar-refractivity contribution in [2.24, 2.45) is 0 Å². The van der Waals surface area contributed by atoms with Gasteiger partial charge in [0.25, 0.3) is 0 Å². The van der Waals surface area contributed by atoms with Crippen LogP contribution in [-0.2, 0) is 16.1 Å². The Hall–Kier alpha value is -2.27. The van der Waals surface area contributed by atoms with Crippen molar-refractivity contribution in [3.63, 3.8) is 0 Å². The fraction of sp³-hybridized carbons (Fsp3) is 0.214. The number of carbonyl (C=O) groups is 1. The van der Waals surface area contributed by atoms with Crippen LogP contribution in [0.1, 0.15) is 17.2 Å². The van der Waals surface area contributed by atoms with Gasteiger partial charge in [-0.25, -0.2) is 14.8 Å². The molecule has 2 aromatic rings. The first-order valence-electron chi connectivity index (χ1n) is 5.91. The van der Waals surface area contributed by atoms with E-state index >= 15 is 0 Å². The first-order chi connectivity index (χ1) is 9.31. The molecule has 0 aliphatic heterocycles. The standard InChI is InChI=1S/C14H15N3O2/c1-19-14(18)13(12-5-3-2-4-6-12)17-9-11-7-15-10-16-8-11/h2-8,10,13,17H,9H2,1H3. The number of rotatable bonds is 5. The van der Waals surface area contributed by atoms with Crippen LogP contribution in [0.2, 0.25) is 0 Å². The second-order valence-electron chi connectivity index (χ2n) is 3.99. The second-order valence-corrected chi connectivity index (χ2v) is 3.99. The molecule has 19 heavy (non-hydrogen) atoms. The normalized spacial score (nSPS) is 11.8. The van der Waals surface area contributed by atoms with Gasteiger partial charge in [-0.05, 0) is 5.56 Å². The molecule has 0 saturated heterocycles. The molecule has 1 aromatic carbocycles. The van der Waals surface area contributed by atoms with E-state index in [9.17, 15) is 4.79 Å². The van der Waals surface area contributed by atoms with E-state index < -0.39 is 6.04 Å². The van der Waals surface area contributed by atoms with Gasteiger partial charge < -0.3 is 4.74 Å². The van der Waals surface area contributed by atoms with E-state index in [4.69, 9.17) is 4.74 Å². The number of nitrogens with one attached hydrogen (secondary N) is 1. The zero-order chi connectivity index (χ0) is 13.5. The number of aromatic nitrogens is 2. The van der Waals surface area contributed by atoms with Crippen LogP contribution >= 0.6 is 0 Å². The molecule has 2 rings (SSSR count). The monoisotopic (exact) mass is 257 g/mol. The molecule has 5 heteroatoms. The molecule has 0 bridgehead atoms. The van der Waals surface area contributed by atoms with Crippen LogP contribution in [0.4, 0.5) is 0 Å². The Balaban J connectivity index is 2.09. The number of methoxy groups -OCH3 is 1. The van der Waals surface area contributed by atoms with Crippen molar-refractivity contribution >= 4 is 5.97 Å². The van der Waals surface area contributed by atoms with Crippen LogP contribution in [0.5, 0.6) is 0 Å². The van der Waals surface area contributed by atoms with E-state index in [0.717, 1.165) is 11.1 Å². The molecule has 5 nitrogen and oxygen atoms in total. The molecular formula is C14H15N3O2. The molecule has 1 N–H and O–H groups in total. The predicted molar refractivity (Wildman–Crippen MR) is 70.1 cm³/mol. The lowest BCUT2D eigenvalue weighted by Crippen LogP contribution is -2.29. The number of carbonyl (C=O) groups excluding carboxylic acids is 1. The number of esters is 1. The molecule has 1 atom stereocenters. The average molecular weight is 257 g/mol. The lowest BCUT2D eigenvalue weighted by atomic mass is 10.1. The number of hydrogen-bond acceptors (Lipinski definition) is 5. The van der Waals surface area contributed by atoms with Gasteiger partial charge in [0.05, 0.1) is 7.11 Å². The maximum absolute atomic E-state index is 11.8. The van der Waals surface area contributed by atoms with Crippen LogP contribution in [0.3, 0.4) is 0 Å². The molecule has 0 amide bonds. The molecule has 0 radical (unpaired) electrons. The van der Waals surface area contributed by atoms with Gasteiger partial charge >= 0.3 is 5.97 Å². The Morgan fingerprint density at radius 2 is 1.95 bits per heavy atom. The summed E-state index contributed by atoms with van der Waals surface area (Å²) in [6, 6.07) is 8.96. The Kier molecular flexibility index (Phi) is 4.58. The number of nitrogens with zero attached hydrogens (tertiary/aromatic N) is 2. The molecule has 0 fully saturated rings. The lowest BCUT2D eigenvalue weighted by molar-refractivity contribution is -0.143. The molecule has 0 aliphatic carbocycles. The summed E-state index contributed by atoms with van der Waals surface area (Å²) in [5.41, 5.74) is 1.78. The summed E-state index contributed by atoms with van der Waals surface area (Å²) >= 11 is 0. The zero-order valence-corrected chi connectivity index (χ0v) is 10.6. The second kappa shape index (κ2) is 6.61. The third kappa shape index (κ3) is 3.59. The minimum absolute atomic E-state index is 0.317. The van der Waals surface area contributed by atoms with E-state index in [1.807, 2.05) is 30.3 Å². The van der Waals surface area contributed by atoms with E-state index in [-0.39, 0.29) is 5.97 Å². The summed E-state index contributed by atoms with van der Waals surface area (Å²) in [5.74, 6) is -0.317. The van der Waals surface area contributed by atoms with Crippen LogP contribution in [-0.4, -0.2) is 23.0 Å². The average Bonchev–Trinajstić information content (AvgIpc) is 2.49. The van der Waals surface area contributed by atoms with Crippen LogP contribution in [0.15, 0.2) is 49.1 Å². The Morgan fingerprint density at radius 1 is 1.26 bits per heavy atom. The lowest BCUT2D eigenvalue weighted by Gasteiger charge is -2.16. The molecule has 1 heterocycles. The number of ether oxygens (including phenoxy) is 1. The van der Waals surface area contributed by atoms with Crippen molar-refractivity contribution in [1.29, 1.82) is 0 Å². The van der Waals surface area contributed by atoms with Crippen molar-refractivity contribution in [1.82, 2.24) is 15.3 Å². The van der Waals surface area contributed by atoms with E-state index in [1.54, 1.807) is 12.4 Å². The summed E-state index contributed by atoms with van der Waals surface area (Å²) in [4.78, 5) is 19.7. The van der Waals surface area contributed by atoms with Gasteiger partial charge in [-0.3, -0.25) is 5.32 Å². The van der Waals surface area contributed by atoms with Crippen LogP contribution < -0.4 is 5.32 Å². The fourth-order valence-electron chi connectivity index (χ4n) is 1.74. The predicted octanol–water partition coefficient (Wildman–Crippen LogP) is 1.48. The van der Waals surface area contributed by atoms with Crippen LogP contribution in [0, 0.1) is 0 Å². The van der Waals surface area contributed by atoms with Gasteiger partial charge in [0.15, 0.2) is 0 Å². The van der Waals surface area contributed by atoms with Crippen molar-refractivity contribution < 1.29 is 9.53 Å². The zero-order valence-electron chi connectivity index (χ0n) is 10.6. The Bertz CT molecular complexity index is 517. The number of hydrogen-bond donors (Lipinski definition) is 1. The van der Waals surface area contributed by atoms with Gasteiger partial charge in [-0.1, -0.05) is 30.3 Å². The summed E-state index contributed by atoms with van der Waals surface area (Å²) in [7, 11) is 1.38. The summed E-state index contributed by atoms with van der Waals surface area (Å²) in [5, 5.41) is 3.15. The third-order valence-corrected chi connectivity index (χ3v) is 2.69. The van der Waals surface area contributed by atoms with E-state index in [0.29, 0.717) is 6.54 Å². The van der Waals surface area contributed by atoms with Gasteiger partial charge in [0, 0.05) is 24.5 Å². The first-order valence-corrected chi connectivity index (χ1v) is 5.91. The third-order valence-electron chi connectivity index (χ3n) is 2.69. The molecule has 1 unspecified atom stereocenters. The first kappa shape index (κ1) is 13.2. The van der Waals surface area contributed by atoms with Gasteiger partial charge in [-0.15, -0.1) is 0 Å². The van der Waals surface area contributed by atoms with Gasteiger partial charge in [-0.2, -0.15) is 0 Å². The minimum Gasteiger partial charge on any atom is -0.468 e. The molecule has 0 spiro atoms. The highest BCUT2D eigenvalue weighted by atomic mass is 16.5. The van der Waals surface area contributed by atoms with Crippen LogP contribution in [0.25, 0.3) is 0 Å². The summed E-state index contributed by atoms with van der Waals surface area (Å²) in [6.07, 6.45) is 4.89. The highest BCUT2D eigenvalue weighted by Crippen LogP contribution is 2.14. The number of benzene rings is 1. The minimum atomic E-state index is -0.494. The summed E-state index contributed by atoms with van der Waals surface area (Å²) in [6.45, 7) is 0.496. The maximum atomic E-state index is 11.8. The van der Waals surface area contributed by atoms with E-state index in [1.165, 1.54) is 13.4 Å². The van der Waals surface area contributed by atoms with Crippen molar-refractivity contribution in [2.75, 3.05) is 7.11 Å². The van der Waals surface area contributed by atoms with E-state index in [2.05, 4.69) is 15.3 Å². The Morgan fingerprint density at radius 3 is 2.58 bits per heavy atom.